The van der Waals surface area contributed by atoms with Gasteiger partial charge in [0.05, 0.1) is 0 Å². The third-order valence-electron chi connectivity index (χ3n) is 4.95. The third-order valence-corrected chi connectivity index (χ3v) is 4.95. The molecule has 10 nitrogen and oxygen atoms in total. The highest BCUT2D eigenvalue weighted by molar-refractivity contribution is 6.21. The Labute approximate surface area is 181 Å². The summed E-state index contributed by atoms with van der Waals surface area (Å²) in [6.45, 7) is 0. The Morgan fingerprint density at radius 3 is 1.94 bits per heavy atom. The molecule has 0 N–H and O–H groups in total. The molecule has 3 rings (SSSR count). The van der Waals surface area contributed by atoms with E-state index in [0.717, 1.165) is 12.2 Å². The van der Waals surface area contributed by atoms with E-state index in [4.69, 9.17) is 11.1 Å². The second-order valence-electron chi connectivity index (χ2n) is 6.75. The summed E-state index contributed by atoms with van der Waals surface area (Å²) in [6, 6.07) is 15.7. The van der Waals surface area contributed by atoms with Gasteiger partial charge in [0.1, 0.15) is 5.41 Å². The van der Waals surface area contributed by atoms with E-state index in [2.05, 4.69) is 20.1 Å². The van der Waals surface area contributed by atoms with Gasteiger partial charge in [-0.1, -0.05) is 72.8 Å². The molecule has 0 heterocycles. The average molecular weight is 426 g/mol. The van der Waals surface area contributed by atoms with E-state index in [-0.39, 0.29) is 22.3 Å². The van der Waals surface area contributed by atoms with Gasteiger partial charge in [0.25, 0.3) is 0 Å². The van der Waals surface area contributed by atoms with Crippen molar-refractivity contribution in [2.45, 2.75) is 6.42 Å². The average Bonchev–Trinajstić information content (AvgIpc) is 2.84. The van der Waals surface area contributed by atoms with E-state index in [9.17, 15) is 19.2 Å². The van der Waals surface area contributed by atoms with Gasteiger partial charge in [-0.05, 0) is 21.3 Å². The maximum atomic E-state index is 13.4. The van der Waals surface area contributed by atoms with Crippen LogP contribution in [0.2, 0.25) is 0 Å². The number of allylic oxidation sites excluding steroid dienone is 1. The third kappa shape index (κ3) is 4.08. The first-order valence-corrected chi connectivity index (χ1v) is 9.25. The SMILES string of the molecule is [N-]=[N+]=NC(=O)C1=C(C(=O)c2ccccc2)CC(C(=O)N=[N+]=[N-])(C(=O)c2ccccc2)C=C1. The lowest BCUT2D eigenvalue weighted by atomic mass is 9.69. The molecule has 1 atom stereocenters. The summed E-state index contributed by atoms with van der Waals surface area (Å²) in [5, 5.41) is 6.14. The van der Waals surface area contributed by atoms with Gasteiger partial charge in [0, 0.05) is 38.5 Å². The van der Waals surface area contributed by atoms with Crippen molar-refractivity contribution >= 4 is 23.4 Å². The van der Waals surface area contributed by atoms with Crippen LogP contribution in [0.25, 0.3) is 20.9 Å². The Morgan fingerprint density at radius 2 is 1.38 bits per heavy atom. The molecule has 0 saturated carbocycles. The van der Waals surface area contributed by atoms with E-state index in [1.807, 2.05) is 0 Å². The van der Waals surface area contributed by atoms with Crippen molar-refractivity contribution in [3.05, 3.63) is 116 Å². The molecule has 0 aliphatic heterocycles. The molecular formula is C22H14N6O4. The molecule has 0 spiro atoms. The minimum absolute atomic E-state index is 0.148. The molecule has 2 aromatic carbocycles. The van der Waals surface area contributed by atoms with Gasteiger partial charge in [0.15, 0.2) is 11.6 Å². The standard InChI is InChI=1S/C22H14N6O4/c23-27-25-20(31)16-11-12-22(21(32)26-28-24,19(30)15-9-5-2-6-10-15)13-17(16)18(29)14-7-3-1-4-8-14/h1-12H,13H2. The van der Waals surface area contributed by atoms with Crippen LogP contribution in [0.15, 0.2) is 94.2 Å². The van der Waals surface area contributed by atoms with Gasteiger partial charge < -0.3 is 0 Å². The normalized spacial score (nSPS) is 17.0. The maximum absolute atomic E-state index is 13.4. The highest BCUT2D eigenvalue weighted by Crippen LogP contribution is 2.40. The summed E-state index contributed by atoms with van der Waals surface area (Å²) in [5.41, 5.74) is 15.3. The van der Waals surface area contributed by atoms with Crippen molar-refractivity contribution in [1.82, 2.24) is 0 Å². The van der Waals surface area contributed by atoms with Gasteiger partial charge in [-0.25, -0.2) is 0 Å². The monoisotopic (exact) mass is 426 g/mol. The predicted molar refractivity (Wildman–Crippen MR) is 113 cm³/mol. The van der Waals surface area contributed by atoms with E-state index in [1.54, 1.807) is 36.4 Å². The van der Waals surface area contributed by atoms with Crippen molar-refractivity contribution in [2.75, 3.05) is 0 Å². The number of carbonyl (C=O) groups excluding carboxylic acids is 4. The zero-order valence-corrected chi connectivity index (χ0v) is 16.5. The van der Waals surface area contributed by atoms with Crippen LogP contribution < -0.4 is 0 Å². The van der Waals surface area contributed by atoms with Crippen LogP contribution in [0.5, 0.6) is 0 Å². The van der Waals surface area contributed by atoms with Crippen LogP contribution >= 0.6 is 0 Å². The summed E-state index contributed by atoms with van der Waals surface area (Å²) in [4.78, 5) is 56.8. The van der Waals surface area contributed by atoms with Crippen molar-refractivity contribution in [3.63, 3.8) is 0 Å². The minimum atomic E-state index is -2.05. The number of carbonyl (C=O) groups is 4. The summed E-state index contributed by atoms with van der Waals surface area (Å²) >= 11 is 0. The number of rotatable bonds is 6. The number of hydrogen-bond donors (Lipinski definition) is 0. The van der Waals surface area contributed by atoms with Crippen LogP contribution in [-0.4, -0.2) is 23.4 Å². The first-order valence-electron chi connectivity index (χ1n) is 9.25. The number of hydrogen-bond acceptors (Lipinski definition) is 4. The van der Waals surface area contributed by atoms with Crippen LogP contribution in [0, 0.1) is 5.41 Å². The highest BCUT2D eigenvalue weighted by Gasteiger charge is 2.47. The second-order valence-corrected chi connectivity index (χ2v) is 6.75. The highest BCUT2D eigenvalue weighted by atomic mass is 16.2. The number of azide groups is 2. The van der Waals surface area contributed by atoms with Gasteiger partial charge in [-0.2, -0.15) is 0 Å². The fourth-order valence-corrected chi connectivity index (χ4v) is 3.40. The molecule has 1 aliphatic rings. The molecular weight excluding hydrogens is 412 g/mol. The van der Waals surface area contributed by atoms with E-state index in [1.165, 1.54) is 24.3 Å². The number of Topliss-reactive ketones (excluding diaryl/α,β-unsaturated/α-hetero) is 2. The Bertz CT molecular complexity index is 1270. The summed E-state index contributed by atoms with van der Waals surface area (Å²) in [5.74, 6) is -3.51. The van der Waals surface area contributed by atoms with Crippen LogP contribution in [0.1, 0.15) is 27.1 Å². The minimum Gasteiger partial charge on any atom is -0.293 e. The lowest BCUT2D eigenvalue weighted by Gasteiger charge is -2.30. The Hall–Kier alpha value is -4.78. The number of nitrogens with zero attached hydrogens (tertiary/aromatic N) is 6. The smallest absolute Gasteiger partial charge is 0.249 e. The molecule has 1 aliphatic carbocycles. The van der Waals surface area contributed by atoms with Gasteiger partial charge >= 0.3 is 0 Å². The molecule has 156 valence electrons. The molecule has 10 heteroatoms. The number of ketones is 2. The topological polar surface area (TPSA) is 166 Å². The molecule has 2 aromatic rings. The van der Waals surface area contributed by atoms with E-state index >= 15 is 0 Å². The zero-order chi connectivity index (χ0) is 23.1. The molecule has 32 heavy (non-hydrogen) atoms. The van der Waals surface area contributed by atoms with Crippen LogP contribution in [0.3, 0.4) is 0 Å². The van der Waals surface area contributed by atoms with Crippen molar-refractivity contribution < 1.29 is 19.2 Å². The van der Waals surface area contributed by atoms with Gasteiger partial charge in [0.2, 0.25) is 11.8 Å². The lowest BCUT2D eigenvalue weighted by molar-refractivity contribution is -0.123. The zero-order valence-electron chi connectivity index (χ0n) is 16.5. The van der Waals surface area contributed by atoms with E-state index < -0.39 is 35.2 Å². The molecule has 2 amide bonds. The first-order chi connectivity index (χ1) is 15.4. The molecule has 0 radical (unpaired) electrons. The van der Waals surface area contributed by atoms with Crippen molar-refractivity contribution in [2.24, 2.45) is 15.6 Å². The van der Waals surface area contributed by atoms with E-state index in [0.29, 0.717) is 0 Å². The van der Waals surface area contributed by atoms with Crippen molar-refractivity contribution in [3.8, 4) is 0 Å². The van der Waals surface area contributed by atoms with Crippen LogP contribution in [0.4, 0.5) is 0 Å². The Morgan fingerprint density at radius 1 is 0.812 bits per heavy atom. The fraction of sp³-hybridized carbons (Fsp3) is 0.0909. The summed E-state index contributed by atoms with van der Waals surface area (Å²) in [6.07, 6.45) is 1.65. The second kappa shape index (κ2) is 9.36. The first kappa shape index (κ1) is 21.9. The number of amides is 2. The van der Waals surface area contributed by atoms with Crippen molar-refractivity contribution in [1.29, 1.82) is 0 Å². The fourth-order valence-electron chi connectivity index (χ4n) is 3.40. The molecule has 0 aromatic heterocycles. The Kier molecular flexibility index (Phi) is 6.41. The summed E-state index contributed by atoms with van der Waals surface area (Å²) < 4.78 is 0. The molecule has 0 bridgehead atoms. The summed E-state index contributed by atoms with van der Waals surface area (Å²) in [7, 11) is 0. The molecule has 0 fully saturated rings. The molecule has 1 unspecified atom stereocenters. The largest absolute Gasteiger partial charge is 0.293 e. The predicted octanol–water partition coefficient (Wildman–Crippen LogP) is 4.67. The quantitative estimate of drug-likeness (QED) is 0.215. The van der Waals surface area contributed by atoms with Gasteiger partial charge in [-0.15, -0.1) is 0 Å². The number of benzene rings is 2. The Balaban J connectivity index is 2.21. The molecule has 0 saturated heterocycles. The maximum Gasteiger partial charge on any atom is 0.249 e. The van der Waals surface area contributed by atoms with Gasteiger partial charge in [-0.3, -0.25) is 19.2 Å². The van der Waals surface area contributed by atoms with Crippen LogP contribution in [-0.2, 0) is 9.59 Å². The lowest BCUT2D eigenvalue weighted by Crippen LogP contribution is -2.40.